The smallest absolute Gasteiger partial charge is 0.161 e. The van der Waals surface area contributed by atoms with E-state index in [1.165, 1.54) is 17.3 Å². The van der Waals surface area contributed by atoms with Crippen molar-refractivity contribution in [1.29, 1.82) is 0 Å². The molecule has 5 heteroatoms. The number of aliphatic hydroxyl groups excluding tert-OH is 2. The van der Waals surface area contributed by atoms with Gasteiger partial charge in [-0.1, -0.05) is 53.9 Å². The van der Waals surface area contributed by atoms with Gasteiger partial charge in [0.25, 0.3) is 0 Å². The molecule has 0 radical (unpaired) electrons. The molecule has 0 amide bonds. The minimum atomic E-state index is -0.756. The molecule has 0 saturated heterocycles. The van der Waals surface area contributed by atoms with Gasteiger partial charge in [0, 0.05) is 5.75 Å². The minimum Gasteiger partial charge on any atom is -0.395 e. The molecule has 3 nitrogen and oxygen atoms in total. The summed E-state index contributed by atoms with van der Waals surface area (Å²) in [6, 6.07) is 10.1. The van der Waals surface area contributed by atoms with Crippen LogP contribution in [0.1, 0.15) is 5.56 Å². The van der Waals surface area contributed by atoms with Crippen molar-refractivity contribution in [1.82, 2.24) is 0 Å². The van der Waals surface area contributed by atoms with E-state index in [1.807, 2.05) is 18.2 Å². The van der Waals surface area contributed by atoms with Gasteiger partial charge < -0.3 is 10.2 Å². The number of rotatable bonds is 3. The molecular formula is C11H13NO2S2. The summed E-state index contributed by atoms with van der Waals surface area (Å²) in [4.78, 5) is 4.09. The third-order valence-electron chi connectivity index (χ3n) is 2.21. The third-order valence-corrected chi connectivity index (χ3v) is 4.68. The van der Waals surface area contributed by atoms with Crippen molar-refractivity contribution in [2.24, 2.45) is 4.99 Å². The first-order chi connectivity index (χ1) is 7.79. The Kier molecular flexibility index (Phi) is 4.29. The lowest BCUT2D eigenvalue weighted by molar-refractivity contribution is 0.152. The Hall–Kier alpha value is -0.490. The van der Waals surface area contributed by atoms with Crippen LogP contribution < -0.4 is 0 Å². The fourth-order valence-corrected chi connectivity index (χ4v) is 3.50. The van der Waals surface area contributed by atoms with Crippen LogP contribution in [0.15, 0.2) is 35.3 Å². The SMILES string of the molecule is OCC1SC(SCc2ccccc2)=NC1O. The Balaban J connectivity index is 1.86. The number of benzene rings is 1. The highest BCUT2D eigenvalue weighted by atomic mass is 32.2. The zero-order chi connectivity index (χ0) is 11.4. The van der Waals surface area contributed by atoms with Crippen LogP contribution in [-0.2, 0) is 5.75 Å². The van der Waals surface area contributed by atoms with E-state index in [9.17, 15) is 5.11 Å². The molecular weight excluding hydrogens is 242 g/mol. The van der Waals surface area contributed by atoms with Crippen molar-refractivity contribution in [2.75, 3.05) is 6.61 Å². The summed E-state index contributed by atoms with van der Waals surface area (Å²) in [6.07, 6.45) is -0.756. The fourth-order valence-electron chi connectivity index (χ4n) is 1.33. The molecule has 0 aromatic heterocycles. The molecule has 0 spiro atoms. The fraction of sp³-hybridized carbons (Fsp3) is 0.364. The van der Waals surface area contributed by atoms with E-state index in [-0.39, 0.29) is 11.9 Å². The van der Waals surface area contributed by atoms with Gasteiger partial charge >= 0.3 is 0 Å². The predicted molar refractivity (Wildman–Crippen MR) is 69.6 cm³/mol. The van der Waals surface area contributed by atoms with E-state index < -0.39 is 6.23 Å². The van der Waals surface area contributed by atoms with Crippen LogP contribution in [0.3, 0.4) is 0 Å². The van der Waals surface area contributed by atoms with E-state index in [2.05, 4.69) is 17.1 Å². The van der Waals surface area contributed by atoms with Gasteiger partial charge in [0.05, 0.1) is 11.9 Å². The van der Waals surface area contributed by atoms with E-state index in [0.717, 1.165) is 10.1 Å². The normalized spacial score (nSPS) is 24.5. The van der Waals surface area contributed by atoms with Gasteiger partial charge in [0.15, 0.2) is 6.23 Å². The lowest BCUT2D eigenvalue weighted by Gasteiger charge is -2.06. The molecule has 1 heterocycles. The number of thioether (sulfide) groups is 2. The predicted octanol–water partition coefficient (Wildman–Crippen LogP) is 1.70. The van der Waals surface area contributed by atoms with Gasteiger partial charge in [-0.25, -0.2) is 4.99 Å². The molecule has 86 valence electrons. The summed E-state index contributed by atoms with van der Waals surface area (Å²) >= 11 is 3.05. The van der Waals surface area contributed by atoms with Gasteiger partial charge in [0.2, 0.25) is 0 Å². The summed E-state index contributed by atoms with van der Waals surface area (Å²) < 4.78 is 0.857. The second-order valence-corrected chi connectivity index (χ2v) is 5.87. The molecule has 1 aliphatic heterocycles. The molecule has 0 saturated carbocycles. The van der Waals surface area contributed by atoms with Crippen molar-refractivity contribution in [2.45, 2.75) is 17.2 Å². The molecule has 2 unspecified atom stereocenters. The van der Waals surface area contributed by atoms with Gasteiger partial charge in [-0.15, -0.1) is 0 Å². The Labute approximate surface area is 103 Å². The molecule has 0 bridgehead atoms. The molecule has 1 aromatic rings. The van der Waals surface area contributed by atoms with Crippen molar-refractivity contribution < 1.29 is 10.2 Å². The Morgan fingerprint density at radius 1 is 1.31 bits per heavy atom. The molecule has 2 atom stereocenters. The molecule has 2 rings (SSSR count). The van der Waals surface area contributed by atoms with Crippen LogP contribution >= 0.6 is 23.5 Å². The molecule has 0 aliphatic carbocycles. The average molecular weight is 255 g/mol. The van der Waals surface area contributed by atoms with Gasteiger partial charge in [-0.05, 0) is 5.56 Å². The van der Waals surface area contributed by atoms with Crippen LogP contribution in [0.25, 0.3) is 0 Å². The maximum absolute atomic E-state index is 9.47. The number of aliphatic hydroxyl groups is 2. The number of hydrogen-bond donors (Lipinski definition) is 2. The summed E-state index contributed by atoms with van der Waals surface area (Å²) in [5.41, 5.74) is 1.23. The van der Waals surface area contributed by atoms with Crippen molar-refractivity contribution >= 4 is 27.9 Å². The Bertz CT molecular complexity index is 370. The topological polar surface area (TPSA) is 52.8 Å². The molecule has 0 fully saturated rings. The molecule has 2 N–H and O–H groups in total. The average Bonchev–Trinajstić information content (AvgIpc) is 2.69. The summed E-state index contributed by atoms with van der Waals surface area (Å²) in [5, 5.41) is 18.3. The van der Waals surface area contributed by atoms with Crippen LogP contribution in [0.5, 0.6) is 0 Å². The number of nitrogens with zero attached hydrogens (tertiary/aromatic N) is 1. The standard InChI is InChI=1S/C11H13NO2S2/c13-6-9-10(14)12-11(16-9)15-7-8-4-2-1-3-5-8/h1-5,9-10,13-14H,6-7H2. The summed E-state index contributed by atoms with van der Waals surface area (Å²) in [7, 11) is 0. The van der Waals surface area contributed by atoms with Crippen LogP contribution in [0, 0.1) is 0 Å². The first kappa shape index (κ1) is 12.0. The van der Waals surface area contributed by atoms with Gasteiger partial charge in [-0.3, -0.25) is 0 Å². The Morgan fingerprint density at radius 3 is 2.69 bits per heavy atom. The summed E-state index contributed by atoms with van der Waals surface area (Å²) in [6.45, 7) is -0.0370. The highest BCUT2D eigenvalue weighted by molar-refractivity contribution is 8.39. The lowest BCUT2D eigenvalue weighted by Crippen LogP contribution is -2.20. The number of aliphatic imine (C=N–C) groups is 1. The second-order valence-electron chi connectivity index (χ2n) is 3.42. The van der Waals surface area contributed by atoms with Crippen LogP contribution in [0.2, 0.25) is 0 Å². The lowest BCUT2D eigenvalue weighted by atomic mass is 10.2. The first-order valence-electron chi connectivity index (χ1n) is 4.99. The van der Waals surface area contributed by atoms with E-state index in [4.69, 9.17) is 5.11 Å². The highest BCUT2D eigenvalue weighted by Gasteiger charge is 2.27. The maximum atomic E-state index is 9.47. The minimum absolute atomic E-state index is 0.0370. The monoisotopic (exact) mass is 255 g/mol. The van der Waals surface area contributed by atoms with E-state index in [1.54, 1.807) is 11.8 Å². The van der Waals surface area contributed by atoms with Crippen LogP contribution in [-0.4, -0.2) is 32.7 Å². The first-order valence-corrected chi connectivity index (χ1v) is 6.86. The number of hydrogen-bond acceptors (Lipinski definition) is 5. The van der Waals surface area contributed by atoms with Crippen LogP contribution in [0.4, 0.5) is 0 Å². The van der Waals surface area contributed by atoms with E-state index in [0.29, 0.717) is 0 Å². The van der Waals surface area contributed by atoms with Gasteiger partial charge in [0.1, 0.15) is 4.38 Å². The zero-order valence-electron chi connectivity index (χ0n) is 8.61. The molecule has 16 heavy (non-hydrogen) atoms. The van der Waals surface area contributed by atoms with Crippen molar-refractivity contribution in [3.8, 4) is 0 Å². The zero-order valence-corrected chi connectivity index (χ0v) is 10.2. The van der Waals surface area contributed by atoms with Crippen molar-refractivity contribution in [3.05, 3.63) is 35.9 Å². The Morgan fingerprint density at radius 2 is 2.06 bits per heavy atom. The van der Waals surface area contributed by atoms with Crippen molar-refractivity contribution in [3.63, 3.8) is 0 Å². The maximum Gasteiger partial charge on any atom is 0.161 e. The van der Waals surface area contributed by atoms with Gasteiger partial charge in [-0.2, -0.15) is 0 Å². The summed E-state index contributed by atoms with van der Waals surface area (Å²) in [5.74, 6) is 0.845. The second kappa shape index (κ2) is 5.72. The largest absolute Gasteiger partial charge is 0.395 e. The highest BCUT2D eigenvalue weighted by Crippen LogP contribution is 2.32. The molecule has 1 aliphatic rings. The van der Waals surface area contributed by atoms with E-state index >= 15 is 0 Å². The molecule has 1 aromatic carbocycles. The quantitative estimate of drug-likeness (QED) is 0.863. The third kappa shape index (κ3) is 3.01.